The van der Waals surface area contributed by atoms with E-state index in [1.54, 1.807) is 11.4 Å². The van der Waals surface area contributed by atoms with Gasteiger partial charge >= 0.3 is 0 Å². The van der Waals surface area contributed by atoms with Gasteiger partial charge in [0, 0.05) is 11.1 Å². The molecule has 0 saturated carbocycles. The third-order valence-corrected chi connectivity index (χ3v) is 4.14. The van der Waals surface area contributed by atoms with Gasteiger partial charge in [-0.15, -0.1) is 11.3 Å². The molecule has 0 saturated heterocycles. The lowest BCUT2D eigenvalue weighted by Crippen LogP contribution is -2.20. The number of benzene rings is 1. The Labute approximate surface area is 127 Å². The van der Waals surface area contributed by atoms with E-state index in [0.717, 1.165) is 0 Å². The maximum Gasteiger partial charge on any atom is 0.274 e. The van der Waals surface area contributed by atoms with Crippen LogP contribution in [0, 0.1) is 10.1 Å². The number of fused-ring (bicyclic) bond motifs is 1. The Morgan fingerprint density at radius 2 is 2.19 bits per heavy atom. The average Bonchev–Trinajstić information content (AvgIpc) is 2.91. The Morgan fingerprint density at radius 1 is 1.38 bits per heavy atom. The molecule has 0 radical (unpaired) electrons. The van der Waals surface area contributed by atoms with Crippen LogP contribution in [0.1, 0.15) is 5.56 Å². The molecule has 21 heavy (non-hydrogen) atoms. The molecule has 0 unspecified atom stereocenters. The predicted octanol–water partition coefficient (Wildman–Crippen LogP) is 3.07. The van der Waals surface area contributed by atoms with Crippen LogP contribution in [0.5, 0.6) is 0 Å². The summed E-state index contributed by atoms with van der Waals surface area (Å²) in [5, 5.41) is 13.2. The zero-order valence-electron chi connectivity index (χ0n) is 10.5. The zero-order valence-corrected chi connectivity index (χ0v) is 12.1. The van der Waals surface area contributed by atoms with Crippen molar-refractivity contribution in [2.45, 2.75) is 6.54 Å². The lowest BCUT2D eigenvalue weighted by Gasteiger charge is -2.06. The smallest absolute Gasteiger partial charge is 0.274 e. The highest BCUT2D eigenvalue weighted by Crippen LogP contribution is 2.23. The van der Waals surface area contributed by atoms with Gasteiger partial charge in [0.15, 0.2) is 0 Å². The van der Waals surface area contributed by atoms with Crippen molar-refractivity contribution < 1.29 is 4.92 Å². The van der Waals surface area contributed by atoms with Gasteiger partial charge in [-0.3, -0.25) is 19.5 Å². The molecule has 3 rings (SSSR count). The molecular formula is C13H8ClN3O3S. The number of nitrogens with zero attached hydrogens (tertiary/aromatic N) is 3. The quantitative estimate of drug-likeness (QED) is 0.548. The van der Waals surface area contributed by atoms with Crippen LogP contribution >= 0.6 is 22.9 Å². The molecule has 3 aromatic rings. The molecule has 0 N–H and O–H groups in total. The van der Waals surface area contributed by atoms with E-state index < -0.39 is 4.92 Å². The highest BCUT2D eigenvalue weighted by molar-refractivity contribution is 7.17. The van der Waals surface area contributed by atoms with Crippen molar-refractivity contribution in [2.24, 2.45) is 0 Å². The summed E-state index contributed by atoms with van der Waals surface area (Å²) in [6.45, 7) is 0.0521. The predicted molar refractivity (Wildman–Crippen MR) is 81.1 cm³/mol. The van der Waals surface area contributed by atoms with Crippen molar-refractivity contribution in [1.82, 2.24) is 9.55 Å². The van der Waals surface area contributed by atoms with Crippen LogP contribution in [0.2, 0.25) is 5.02 Å². The highest BCUT2D eigenvalue weighted by Gasteiger charge is 2.15. The maximum absolute atomic E-state index is 12.3. The molecule has 1 aromatic carbocycles. The minimum absolute atomic E-state index is 0.0521. The molecule has 6 nitrogen and oxygen atoms in total. The van der Waals surface area contributed by atoms with E-state index >= 15 is 0 Å². The average molecular weight is 322 g/mol. The first-order valence-electron chi connectivity index (χ1n) is 5.92. The molecule has 0 amide bonds. The van der Waals surface area contributed by atoms with Gasteiger partial charge in [-0.2, -0.15) is 0 Å². The second kappa shape index (κ2) is 5.27. The first-order chi connectivity index (χ1) is 10.1. The summed E-state index contributed by atoms with van der Waals surface area (Å²) in [6.07, 6.45) is 1.39. The lowest BCUT2D eigenvalue weighted by molar-refractivity contribution is -0.385. The fourth-order valence-electron chi connectivity index (χ4n) is 2.03. The van der Waals surface area contributed by atoms with E-state index in [0.29, 0.717) is 20.8 Å². The Hall–Kier alpha value is -2.25. The van der Waals surface area contributed by atoms with Crippen molar-refractivity contribution in [1.29, 1.82) is 0 Å². The van der Waals surface area contributed by atoms with E-state index in [4.69, 9.17) is 11.6 Å². The standard InChI is InChI=1S/C13H8ClN3O3S/c14-9-1-2-11(17(19)20)8(5-9)6-16-7-15-10-3-4-21-12(10)13(16)18/h1-5,7H,6H2. The summed E-state index contributed by atoms with van der Waals surface area (Å²) in [6, 6.07) is 6.03. The third kappa shape index (κ3) is 2.53. The maximum atomic E-state index is 12.3. The number of hydrogen-bond acceptors (Lipinski definition) is 5. The molecule has 0 aliphatic carbocycles. The first-order valence-corrected chi connectivity index (χ1v) is 7.17. The summed E-state index contributed by atoms with van der Waals surface area (Å²) < 4.78 is 1.87. The van der Waals surface area contributed by atoms with Gasteiger partial charge in [0.05, 0.1) is 28.9 Å². The second-order valence-electron chi connectivity index (χ2n) is 4.34. The normalized spacial score (nSPS) is 10.9. The summed E-state index contributed by atoms with van der Waals surface area (Å²) in [4.78, 5) is 27.0. The van der Waals surface area contributed by atoms with E-state index in [1.807, 2.05) is 0 Å². The van der Waals surface area contributed by atoms with Gasteiger partial charge < -0.3 is 0 Å². The van der Waals surface area contributed by atoms with Gasteiger partial charge in [-0.25, -0.2) is 4.98 Å². The van der Waals surface area contributed by atoms with Crippen molar-refractivity contribution in [3.05, 3.63) is 67.0 Å². The molecule has 8 heteroatoms. The van der Waals surface area contributed by atoms with Crippen LogP contribution < -0.4 is 5.56 Å². The summed E-state index contributed by atoms with van der Waals surface area (Å²) in [5.41, 5.74) is 0.705. The molecule has 2 heterocycles. The Bertz CT molecular complexity index is 903. The molecule has 0 fully saturated rings. The van der Waals surface area contributed by atoms with Crippen molar-refractivity contribution in [2.75, 3.05) is 0 Å². The minimum atomic E-state index is -0.492. The SMILES string of the molecule is O=c1c2sccc2ncn1Cc1cc(Cl)ccc1[N+](=O)[O-]. The summed E-state index contributed by atoms with van der Waals surface area (Å²) >= 11 is 7.18. The summed E-state index contributed by atoms with van der Waals surface area (Å²) in [5.74, 6) is 0. The molecule has 2 aromatic heterocycles. The van der Waals surface area contributed by atoms with Crippen LogP contribution in [0.4, 0.5) is 5.69 Å². The van der Waals surface area contributed by atoms with Crippen LogP contribution in [0.15, 0.2) is 40.8 Å². The Balaban J connectivity index is 2.10. The third-order valence-electron chi connectivity index (χ3n) is 3.01. The van der Waals surface area contributed by atoms with Crippen LogP contribution in [0.3, 0.4) is 0 Å². The molecule has 0 spiro atoms. The number of nitro groups is 1. The van der Waals surface area contributed by atoms with Crippen LogP contribution in [0.25, 0.3) is 10.2 Å². The number of nitro benzene ring substituents is 1. The molecule has 0 atom stereocenters. The first kappa shape index (κ1) is 13.7. The number of aromatic nitrogens is 2. The van der Waals surface area contributed by atoms with Gasteiger partial charge in [0.2, 0.25) is 0 Å². The van der Waals surface area contributed by atoms with Crippen LogP contribution in [-0.2, 0) is 6.54 Å². The van der Waals surface area contributed by atoms with Crippen LogP contribution in [-0.4, -0.2) is 14.5 Å². The van der Waals surface area contributed by atoms with Gasteiger partial charge in [0.1, 0.15) is 4.70 Å². The molecule has 0 aliphatic rings. The molecular weight excluding hydrogens is 314 g/mol. The molecule has 0 aliphatic heterocycles. The van der Waals surface area contributed by atoms with E-state index in [9.17, 15) is 14.9 Å². The second-order valence-corrected chi connectivity index (χ2v) is 5.70. The Kier molecular flexibility index (Phi) is 3.44. The number of rotatable bonds is 3. The zero-order chi connectivity index (χ0) is 15.0. The van der Waals surface area contributed by atoms with Crippen molar-refractivity contribution >= 4 is 38.8 Å². The van der Waals surface area contributed by atoms with E-state index in [-0.39, 0.29) is 17.8 Å². The van der Waals surface area contributed by atoms with Gasteiger partial charge in [-0.1, -0.05) is 11.6 Å². The topological polar surface area (TPSA) is 78.0 Å². The molecule has 0 bridgehead atoms. The van der Waals surface area contributed by atoms with E-state index in [1.165, 1.54) is 40.4 Å². The highest BCUT2D eigenvalue weighted by atomic mass is 35.5. The molecule has 106 valence electrons. The van der Waals surface area contributed by atoms with Gasteiger partial charge in [0.25, 0.3) is 11.2 Å². The monoisotopic (exact) mass is 321 g/mol. The lowest BCUT2D eigenvalue weighted by atomic mass is 10.2. The number of hydrogen-bond donors (Lipinski definition) is 0. The fraction of sp³-hybridized carbons (Fsp3) is 0.0769. The number of thiophene rings is 1. The number of halogens is 1. The van der Waals surface area contributed by atoms with E-state index in [2.05, 4.69) is 4.98 Å². The van der Waals surface area contributed by atoms with Crippen molar-refractivity contribution in [3.63, 3.8) is 0 Å². The fourth-order valence-corrected chi connectivity index (χ4v) is 3.02. The largest absolute Gasteiger partial charge is 0.293 e. The minimum Gasteiger partial charge on any atom is -0.293 e. The van der Waals surface area contributed by atoms with Crippen molar-refractivity contribution in [3.8, 4) is 0 Å². The Morgan fingerprint density at radius 3 is 2.95 bits per heavy atom. The van der Waals surface area contributed by atoms with Gasteiger partial charge in [-0.05, 0) is 23.6 Å². The summed E-state index contributed by atoms with van der Waals surface area (Å²) in [7, 11) is 0.